The van der Waals surface area contributed by atoms with Crippen molar-refractivity contribution in [3.05, 3.63) is 66.0 Å². The van der Waals surface area contributed by atoms with Crippen LogP contribution in [-0.2, 0) is 19.9 Å². The van der Waals surface area contributed by atoms with Crippen molar-refractivity contribution in [2.45, 2.75) is 51.0 Å². The number of carbonyl (C=O) groups is 1. The summed E-state index contributed by atoms with van der Waals surface area (Å²) >= 11 is 0. The summed E-state index contributed by atoms with van der Waals surface area (Å²) in [6.07, 6.45) is 13.1. The van der Waals surface area contributed by atoms with Crippen molar-refractivity contribution in [3.8, 4) is 0 Å². The highest BCUT2D eigenvalue weighted by Gasteiger charge is 2.17. The molecule has 1 fully saturated rings. The minimum Gasteiger partial charge on any atom is -0.367 e. The zero-order chi connectivity index (χ0) is 22.6. The Labute approximate surface area is 192 Å². The molecule has 1 aromatic carbocycles. The van der Waals surface area contributed by atoms with Crippen LogP contribution in [0, 0.1) is 0 Å². The summed E-state index contributed by atoms with van der Waals surface area (Å²) in [5.74, 6) is 0.730. The Morgan fingerprint density at radius 2 is 1.91 bits per heavy atom. The third-order valence-electron chi connectivity index (χ3n) is 6.30. The number of nitrogens with zero attached hydrogens (tertiary/aromatic N) is 4. The van der Waals surface area contributed by atoms with Crippen LogP contribution in [0.15, 0.2) is 49.1 Å². The van der Waals surface area contributed by atoms with Crippen LogP contribution in [0.3, 0.4) is 0 Å². The standard InChI is InChI=1S/C25H29N7O/c1-32-15-22(27-16-32)25(33)29-19-10-7-17(8-11-19)9-12-20-23-21(31-30-20)13-14-26-24(23)28-18-5-3-2-4-6-18/h7-8,10-11,13-16,18H,2-6,9,12H2,1H3,(H,26,28)(H,29,33)(H,30,31). The molecule has 0 aliphatic heterocycles. The van der Waals surface area contributed by atoms with E-state index in [2.05, 4.69) is 30.8 Å². The molecule has 1 saturated carbocycles. The Hall–Kier alpha value is -3.68. The predicted octanol–water partition coefficient (Wildman–Crippen LogP) is 4.47. The van der Waals surface area contributed by atoms with Gasteiger partial charge in [-0.1, -0.05) is 31.4 Å². The summed E-state index contributed by atoms with van der Waals surface area (Å²) in [6.45, 7) is 0. The summed E-state index contributed by atoms with van der Waals surface area (Å²) in [6, 6.07) is 10.4. The average Bonchev–Trinajstić information content (AvgIpc) is 3.46. The minimum atomic E-state index is -0.210. The quantitative estimate of drug-likeness (QED) is 0.391. The molecule has 0 spiro atoms. The molecule has 3 heterocycles. The number of rotatable bonds is 7. The van der Waals surface area contributed by atoms with E-state index in [0.29, 0.717) is 11.7 Å². The lowest BCUT2D eigenvalue weighted by atomic mass is 9.95. The van der Waals surface area contributed by atoms with E-state index in [1.807, 2.05) is 43.6 Å². The van der Waals surface area contributed by atoms with Crippen molar-refractivity contribution in [3.63, 3.8) is 0 Å². The molecule has 5 rings (SSSR count). The van der Waals surface area contributed by atoms with Crippen LogP contribution in [0.5, 0.6) is 0 Å². The number of hydrogen-bond acceptors (Lipinski definition) is 5. The Balaban J connectivity index is 1.24. The van der Waals surface area contributed by atoms with E-state index in [1.165, 1.54) is 37.7 Å². The fraction of sp³-hybridized carbons (Fsp3) is 0.360. The SMILES string of the molecule is Cn1cnc(C(=O)Nc2ccc(CCc3[nH]nc4ccnc(NC5CCCCC5)c34)cc2)c1. The Morgan fingerprint density at radius 3 is 2.67 bits per heavy atom. The normalized spacial score (nSPS) is 14.5. The molecular formula is C25H29N7O. The van der Waals surface area contributed by atoms with E-state index < -0.39 is 0 Å². The number of aryl methyl sites for hydroxylation is 3. The summed E-state index contributed by atoms with van der Waals surface area (Å²) in [4.78, 5) is 21.0. The van der Waals surface area contributed by atoms with Crippen molar-refractivity contribution in [2.24, 2.45) is 7.05 Å². The lowest BCUT2D eigenvalue weighted by molar-refractivity contribution is 0.102. The molecule has 3 N–H and O–H groups in total. The zero-order valence-corrected chi connectivity index (χ0v) is 18.8. The summed E-state index contributed by atoms with van der Waals surface area (Å²) in [5.41, 5.74) is 4.40. The molecule has 8 heteroatoms. The van der Waals surface area contributed by atoms with Gasteiger partial charge < -0.3 is 15.2 Å². The molecule has 1 aliphatic rings. The minimum absolute atomic E-state index is 0.210. The topological polar surface area (TPSA) is 101 Å². The van der Waals surface area contributed by atoms with E-state index in [0.717, 1.165) is 40.9 Å². The maximum atomic E-state index is 12.3. The van der Waals surface area contributed by atoms with Gasteiger partial charge in [-0.3, -0.25) is 9.89 Å². The molecule has 8 nitrogen and oxygen atoms in total. The van der Waals surface area contributed by atoms with Crippen LogP contribution in [0.25, 0.3) is 10.9 Å². The first-order valence-electron chi connectivity index (χ1n) is 11.6. The largest absolute Gasteiger partial charge is 0.367 e. The van der Waals surface area contributed by atoms with Gasteiger partial charge in [-0.15, -0.1) is 0 Å². The molecule has 3 aromatic heterocycles. The number of amides is 1. The number of hydrogen-bond donors (Lipinski definition) is 3. The maximum absolute atomic E-state index is 12.3. The number of carbonyl (C=O) groups excluding carboxylic acids is 1. The molecule has 33 heavy (non-hydrogen) atoms. The van der Waals surface area contributed by atoms with E-state index in [-0.39, 0.29) is 5.91 Å². The first-order valence-corrected chi connectivity index (χ1v) is 11.6. The highest BCUT2D eigenvalue weighted by atomic mass is 16.1. The van der Waals surface area contributed by atoms with Crippen LogP contribution >= 0.6 is 0 Å². The maximum Gasteiger partial charge on any atom is 0.275 e. The fourth-order valence-corrected chi connectivity index (χ4v) is 4.51. The number of pyridine rings is 1. The average molecular weight is 444 g/mol. The fourth-order valence-electron chi connectivity index (χ4n) is 4.51. The third-order valence-corrected chi connectivity index (χ3v) is 6.30. The zero-order valence-electron chi connectivity index (χ0n) is 18.8. The van der Waals surface area contributed by atoms with Crippen LogP contribution in [0.1, 0.15) is 53.8 Å². The number of anilines is 2. The van der Waals surface area contributed by atoms with Gasteiger partial charge in [0.2, 0.25) is 0 Å². The van der Waals surface area contributed by atoms with Gasteiger partial charge >= 0.3 is 0 Å². The molecule has 0 radical (unpaired) electrons. The highest BCUT2D eigenvalue weighted by Crippen LogP contribution is 2.28. The lowest BCUT2D eigenvalue weighted by Crippen LogP contribution is -2.23. The Morgan fingerprint density at radius 1 is 1.09 bits per heavy atom. The first kappa shape index (κ1) is 21.2. The smallest absolute Gasteiger partial charge is 0.275 e. The van der Waals surface area contributed by atoms with Crippen LogP contribution in [-0.4, -0.2) is 36.7 Å². The molecule has 170 valence electrons. The first-order chi connectivity index (χ1) is 16.2. The van der Waals surface area contributed by atoms with Crippen molar-refractivity contribution in [1.82, 2.24) is 24.7 Å². The molecule has 1 amide bonds. The summed E-state index contributed by atoms with van der Waals surface area (Å²) in [7, 11) is 1.84. The van der Waals surface area contributed by atoms with Crippen molar-refractivity contribution in [2.75, 3.05) is 10.6 Å². The number of aromatic nitrogens is 5. The monoisotopic (exact) mass is 443 g/mol. The number of aromatic amines is 1. The van der Waals surface area contributed by atoms with E-state index in [9.17, 15) is 4.79 Å². The van der Waals surface area contributed by atoms with Gasteiger partial charge in [0.25, 0.3) is 5.91 Å². The molecular weight excluding hydrogens is 414 g/mol. The van der Waals surface area contributed by atoms with Gasteiger partial charge in [0, 0.05) is 36.9 Å². The van der Waals surface area contributed by atoms with Crippen molar-refractivity contribution >= 4 is 28.3 Å². The van der Waals surface area contributed by atoms with Gasteiger partial charge in [-0.2, -0.15) is 5.10 Å². The predicted molar refractivity (Wildman–Crippen MR) is 129 cm³/mol. The summed E-state index contributed by atoms with van der Waals surface area (Å²) in [5, 5.41) is 15.4. The Bertz CT molecular complexity index is 1240. The third kappa shape index (κ3) is 4.89. The summed E-state index contributed by atoms with van der Waals surface area (Å²) < 4.78 is 1.75. The van der Waals surface area contributed by atoms with E-state index in [1.54, 1.807) is 17.1 Å². The number of H-pyrrole nitrogens is 1. The van der Waals surface area contributed by atoms with E-state index >= 15 is 0 Å². The molecule has 0 atom stereocenters. The molecule has 4 aromatic rings. The number of nitrogens with one attached hydrogen (secondary N) is 3. The molecule has 0 unspecified atom stereocenters. The molecule has 0 saturated heterocycles. The van der Waals surface area contributed by atoms with Gasteiger partial charge in [0.15, 0.2) is 0 Å². The number of benzene rings is 1. The van der Waals surface area contributed by atoms with Gasteiger partial charge in [0.1, 0.15) is 11.5 Å². The van der Waals surface area contributed by atoms with Gasteiger partial charge in [-0.25, -0.2) is 9.97 Å². The van der Waals surface area contributed by atoms with Crippen molar-refractivity contribution < 1.29 is 4.79 Å². The highest BCUT2D eigenvalue weighted by molar-refractivity contribution is 6.02. The second kappa shape index (κ2) is 9.44. The number of fused-ring (bicyclic) bond motifs is 1. The van der Waals surface area contributed by atoms with Gasteiger partial charge in [0.05, 0.1) is 17.2 Å². The number of imidazole rings is 1. The Kier molecular flexibility index (Phi) is 6.06. The van der Waals surface area contributed by atoms with E-state index in [4.69, 9.17) is 0 Å². The van der Waals surface area contributed by atoms with Gasteiger partial charge in [-0.05, 0) is 49.4 Å². The molecule has 0 bridgehead atoms. The van der Waals surface area contributed by atoms with Crippen LogP contribution in [0.2, 0.25) is 0 Å². The lowest BCUT2D eigenvalue weighted by Gasteiger charge is -2.23. The van der Waals surface area contributed by atoms with Crippen LogP contribution in [0.4, 0.5) is 11.5 Å². The second-order valence-electron chi connectivity index (χ2n) is 8.81. The van der Waals surface area contributed by atoms with Crippen LogP contribution < -0.4 is 10.6 Å². The second-order valence-corrected chi connectivity index (χ2v) is 8.81. The molecule has 1 aliphatic carbocycles. The van der Waals surface area contributed by atoms with Crippen molar-refractivity contribution in [1.29, 1.82) is 0 Å².